The van der Waals surface area contributed by atoms with Gasteiger partial charge in [-0.15, -0.1) is 6.58 Å². The molecule has 0 amide bonds. The summed E-state index contributed by atoms with van der Waals surface area (Å²) in [6.45, 7) is 6.24. The lowest BCUT2D eigenvalue weighted by Gasteiger charge is -2.10. The van der Waals surface area contributed by atoms with E-state index in [-0.39, 0.29) is 0 Å². The molecule has 1 heteroatoms. The summed E-state index contributed by atoms with van der Waals surface area (Å²) in [4.78, 5) is 0. The second-order valence-corrected chi connectivity index (χ2v) is 4.09. The van der Waals surface area contributed by atoms with Crippen molar-refractivity contribution in [1.82, 2.24) is 0 Å². The van der Waals surface area contributed by atoms with Gasteiger partial charge in [-0.2, -0.15) is 0 Å². The summed E-state index contributed by atoms with van der Waals surface area (Å²) in [7, 11) is 0. The molecule has 14 heavy (non-hydrogen) atoms. The Labute approximate surface area is 89.2 Å². The van der Waals surface area contributed by atoms with Gasteiger partial charge in [0.1, 0.15) is 0 Å². The van der Waals surface area contributed by atoms with Crippen LogP contribution < -0.4 is 0 Å². The minimum Gasteiger partial charge on any atom is -0.396 e. The number of allylic oxidation sites excluding steroid dienone is 1. The minimum atomic E-state index is 0.368. The van der Waals surface area contributed by atoms with Gasteiger partial charge in [0.15, 0.2) is 0 Å². The lowest BCUT2D eigenvalue weighted by atomic mass is 9.99. The molecule has 1 nitrogen and oxygen atoms in total. The van der Waals surface area contributed by atoms with Gasteiger partial charge in [-0.1, -0.05) is 45.1 Å². The van der Waals surface area contributed by atoms with E-state index in [1.54, 1.807) is 0 Å². The fraction of sp³-hybridized carbons (Fsp3) is 0.846. The number of aliphatic hydroxyl groups is 1. The average Bonchev–Trinajstić information content (AvgIpc) is 2.22. The third-order valence-electron chi connectivity index (χ3n) is 2.86. The highest BCUT2D eigenvalue weighted by Crippen LogP contribution is 2.14. The van der Waals surface area contributed by atoms with Crippen molar-refractivity contribution in [1.29, 1.82) is 0 Å². The van der Waals surface area contributed by atoms with Crippen LogP contribution >= 0.6 is 0 Å². The average molecular weight is 198 g/mol. The number of unbranched alkanes of at least 4 members (excludes halogenated alkanes) is 5. The number of aliphatic hydroxyl groups excluding tert-OH is 1. The molecule has 0 saturated carbocycles. The molecule has 0 radical (unpaired) electrons. The normalized spacial score (nSPS) is 12.7. The molecular weight excluding hydrogens is 172 g/mol. The van der Waals surface area contributed by atoms with E-state index >= 15 is 0 Å². The standard InChI is InChI=1S/C13H26O/c1-3-5-6-7-8-9-10-11-13(4-2)12-14/h3,13-14H,1,4-12H2,2H3. The van der Waals surface area contributed by atoms with Crippen LogP contribution in [0.15, 0.2) is 12.7 Å². The van der Waals surface area contributed by atoms with Gasteiger partial charge in [-0.05, 0) is 25.2 Å². The van der Waals surface area contributed by atoms with Crippen molar-refractivity contribution in [2.45, 2.75) is 58.3 Å². The molecule has 1 N–H and O–H groups in total. The van der Waals surface area contributed by atoms with E-state index < -0.39 is 0 Å². The van der Waals surface area contributed by atoms with Crippen LogP contribution in [0.2, 0.25) is 0 Å². The summed E-state index contributed by atoms with van der Waals surface area (Å²) >= 11 is 0. The monoisotopic (exact) mass is 198 g/mol. The van der Waals surface area contributed by atoms with E-state index in [1.165, 1.54) is 38.5 Å². The topological polar surface area (TPSA) is 20.2 Å². The van der Waals surface area contributed by atoms with Crippen LogP contribution in [0.4, 0.5) is 0 Å². The van der Waals surface area contributed by atoms with Crippen molar-refractivity contribution in [3.63, 3.8) is 0 Å². The van der Waals surface area contributed by atoms with Gasteiger partial charge in [0, 0.05) is 6.61 Å². The molecule has 0 fully saturated rings. The molecular formula is C13H26O. The Balaban J connectivity index is 3.08. The van der Waals surface area contributed by atoms with E-state index in [0.29, 0.717) is 12.5 Å². The Morgan fingerprint density at radius 2 is 1.79 bits per heavy atom. The molecule has 0 aliphatic rings. The summed E-state index contributed by atoms with van der Waals surface area (Å²) in [5, 5.41) is 8.99. The van der Waals surface area contributed by atoms with Crippen LogP contribution in [-0.4, -0.2) is 11.7 Å². The summed E-state index contributed by atoms with van der Waals surface area (Å²) in [6, 6.07) is 0. The van der Waals surface area contributed by atoms with Crippen LogP contribution in [0.1, 0.15) is 58.3 Å². The van der Waals surface area contributed by atoms with Crippen LogP contribution in [0.25, 0.3) is 0 Å². The molecule has 1 unspecified atom stereocenters. The van der Waals surface area contributed by atoms with Gasteiger partial charge in [0.2, 0.25) is 0 Å². The zero-order chi connectivity index (χ0) is 10.6. The highest BCUT2D eigenvalue weighted by molar-refractivity contribution is 4.65. The Bertz CT molecular complexity index is 116. The molecule has 0 aromatic rings. The van der Waals surface area contributed by atoms with Gasteiger partial charge in [-0.3, -0.25) is 0 Å². The van der Waals surface area contributed by atoms with Crippen molar-refractivity contribution < 1.29 is 5.11 Å². The number of hydrogen-bond acceptors (Lipinski definition) is 1. The van der Waals surface area contributed by atoms with Crippen molar-refractivity contribution >= 4 is 0 Å². The molecule has 0 saturated heterocycles. The third kappa shape index (κ3) is 8.31. The molecule has 0 aromatic heterocycles. The predicted molar refractivity (Wildman–Crippen MR) is 63.4 cm³/mol. The zero-order valence-electron chi connectivity index (χ0n) is 9.67. The zero-order valence-corrected chi connectivity index (χ0v) is 9.67. The van der Waals surface area contributed by atoms with Gasteiger partial charge in [0.25, 0.3) is 0 Å². The molecule has 1 atom stereocenters. The summed E-state index contributed by atoms with van der Waals surface area (Å²) in [6.07, 6.45) is 12.1. The van der Waals surface area contributed by atoms with Crippen LogP contribution in [-0.2, 0) is 0 Å². The molecule has 0 aliphatic heterocycles. The van der Waals surface area contributed by atoms with E-state index in [4.69, 9.17) is 5.11 Å². The van der Waals surface area contributed by atoms with Crippen molar-refractivity contribution in [2.24, 2.45) is 5.92 Å². The van der Waals surface area contributed by atoms with Crippen molar-refractivity contribution in [3.8, 4) is 0 Å². The first-order valence-electron chi connectivity index (χ1n) is 6.06. The molecule has 84 valence electrons. The fourth-order valence-corrected chi connectivity index (χ4v) is 1.68. The van der Waals surface area contributed by atoms with Gasteiger partial charge >= 0.3 is 0 Å². The summed E-state index contributed by atoms with van der Waals surface area (Å²) in [5.74, 6) is 0.545. The lowest BCUT2D eigenvalue weighted by molar-refractivity contribution is 0.211. The largest absolute Gasteiger partial charge is 0.396 e. The Kier molecular flexibility index (Phi) is 10.5. The molecule has 0 bridgehead atoms. The first-order chi connectivity index (χ1) is 6.85. The third-order valence-corrected chi connectivity index (χ3v) is 2.86. The second-order valence-electron chi connectivity index (χ2n) is 4.09. The first kappa shape index (κ1) is 13.7. The van der Waals surface area contributed by atoms with Gasteiger partial charge in [0.05, 0.1) is 0 Å². The highest BCUT2D eigenvalue weighted by atomic mass is 16.3. The highest BCUT2D eigenvalue weighted by Gasteiger charge is 2.02. The quantitative estimate of drug-likeness (QED) is 0.416. The maximum absolute atomic E-state index is 8.99. The maximum Gasteiger partial charge on any atom is 0.0459 e. The first-order valence-corrected chi connectivity index (χ1v) is 6.06. The van der Waals surface area contributed by atoms with E-state index in [0.717, 1.165) is 12.8 Å². The van der Waals surface area contributed by atoms with Crippen molar-refractivity contribution in [2.75, 3.05) is 6.61 Å². The van der Waals surface area contributed by atoms with Gasteiger partial charge < -0.3 is 5.11 Å². The summed E-state index contributed by atoms with van der Waals surface area (Å²) in [5.41, 5.74) is 0. The smallest absolute Gasteiger partial charge is 0.0459 e. The Hall–Kier alpha value is -0.300. The van der Waals surface area contributed by atoms with Crippen LogP contribution in [0, 0.1) is 5.92 Å². The SMILES string of the molecule is C=CCCCCCCCC(CC)CO. The van der Waals surface area contributed by atoms with Gasteiger partial charge in [-0.25, -0.2) is 0 Å². The van der Waals surface area contributed by atoms with E-state index in [2.05, 4.69) is 13.5 Å². The van der Waals surface area contributed by atoms with E-state index in [1.807, 2.05) is 6.08 Å². The molecule has 0 heterocycles. The Morgan fingerprint density at radius 1 is 1.14 bits per heavy atom. The van der Waals surface area contributed by atoms with Crippen molar-refractivity contribution in [3.05, 3.63) is 12.7 Å². The number of rotatable bonds is 10. The molecule has 0 spiro atoms. The van der Waals surface area contributed by atoms with Crippen LogP contribution in [0.5, 0.6) is 0 Å². The second kappa shape index (κ2) is 10.8. The molecule has 0 aromatic carbocycles. The van der Waals surface area contributed by atoms with Crippen LogP contribution in [0.3, 0.4) is 0 Å². The van der Waals surface area contributed by atoms with E-state index in [9.17, 15) is 0 Å². The maximum atomic E-state index is 8.99. The minimum absolute atomic E-state index is 0.368. The Morgan fingerprint density at radius 3 is 2.36 bits per heavy atom. The fourth-order valence-electron chi connectivity index (χ4n) is 1.68. The molecule has 0 aliphatic carbocycles. The predicted octanol–water partition coefficient (Wildman–Crippen LogP) is 3.92. The lowest BCUT2D eigenvalue weighted by Crippen LogP contribution is -2.03. The number of hydrogen-bond donors (Lipinski definition) is 1. The summed E-state index contributed by atoms with van der Waals surface area (Å²) < 4.78 is 0. The molecule has 0 rings (SSSR count).